The maximum Gasteiger partial charge on any atom is 0.137 e. The first-order chi connectivity index (χ1) is 9.56. The van der Waals surface area contributed by atoms with Crippen LogP contribution in [0.3, 0.4) is 0 Å². The molecule has 0 aliphatic heterocycles. The highest BCUT2D eigenvalue weighted by atomic mass is 127. The van der Waals surface area contributed by atoms with E-state index in [1.165, 1.54) is 0 Å². The molecule has 0 heterocycles. The van der Waals surface area contributed by atoms with E-state index in [1.807, 2.05) is 30.3 Å². The van der Waals surface area contributed by atoms with Crippen molar-refractivity contribution in [1.29, 1.82) is 0 Å². The largest absolute Gasteiger partial charge is 0.495 e. The maximum absolute atomic E-state index is 6.07. The number of methoxy groups -OCH3 is 1. The third kappa shape index (κ3) is 3.38. The van der Waals surface area contributed by atoms with Gasteiger partial charge in [0, 0.05) is 8.59 Å². The molecule has 3 N–H and O–H groups in total. The fraction of sp³-hybridized carbons (Fsp3) is 0.143. The zero-order valence-corrected chi connectivity index (χ0v) is 14.3. The average molecular weight is 423 g/mol. The zero-order valence-electron chi connectivity index (χ0n) is 10.7. The van der Waals surface area contributed by atoms with E-state index in [2.05, 4.69) is 28.0 Å². The normalized spacial score (nSPS) is 12.2. The van der Waals surface area contributed by atoms with E-state index in [1.54, 1.807) is 13.2 Å². The lowest BCUT2D eigenvalue weighted by Crippen LogP contribution is -2.29. The van der Waals surface area contributed by atoms with E-state index in [-0.39, 0.29) is 6.04 Å². The fourth-order valence-electron chi connectivity index (χ4n) is 1.96. The summed E-state index contributed by atoms with van der Waals surface area (Å²) in [5.41, 5.74) is 4.77. The molecular formula is C14H13Cl2IN2O. The number of hydrazine groups is 1. The van der Waals surface area contributed by atoms with Crippen molar-refractivity contribution in [2.75, 3.05) is 7.11 Å². The van der Waals surface area contributed by atoms with Crippen LogP contribution >= 0.6 is 45.8 Å². The van der Waals surface area contributed by atoms with Crippen molar-refractivity contribution >= 4 is 45.8 Å². The van der Waals surface area contributed by atoms with Gasteiger partial charge in [0.15, 0.2) is 0 Å². The van der Waals surface area contributed by atoms with Gasteiger partial charge in [-0.25, -0.2) is 5.43 Å². The Morgan fingerprint density at radius 1 is 1.20 bits per heavy atom. The molecule has 0 aromatic heterocycles. The lowest BCUT2D eigenvalue weighted by molar-refractivity contribution is 0.414. The van der Waals surface area contributed by atoms with E-state index < -0.39 is 0 Å². The summed E-state index contributed by atoms with van der Waals surface area (Å²) in [4.78, 5) is 0. The summed E-state index contributed by atoms with van der Waals surface area (Å²) < 4.78 is 6.31. The molecule has 0 saturated heterocycles. The monoisotopic (exact) mass is 422 g/mol. The standard InChI is InChI=1S/C14H13Cl2IN2O/c1-20-13-6-8(2-4-11(13)16)14(19-18)10-7-9(15)3-5-12(10)17/h2-7,14,19H,18H2,1H3. The molecule has 0 amide bonds. The summed E-state index contributed by atoms with van der Waals surface area (Å²) >= 11 is 14.4. The number of hydrogen-bond donors (Lipinski definition) is 2. The third-order valence-corrected chi connectivity index (χ3v) is 4.47. The van der Waals surface area contributed by atoms with Crippen LogP contribution in [0.4, 0.5) is 0 Å². The Morgan fingerprint density at radius 3 is 2.60 bits per heavy atom. The van der Waals surface area contributed by atoms with Gasteiger partial charge in [0.25, 0.3) is 0 Å². The summed E-state index contributed by atoms with van der Waals surface area (Å²) in [6.07, 6.45) is 0. The Morgan fingerprint density at radius 2 is 1.95 bits per heavy atom. The van der Waals surface area contributed by atoms with Gasteiger partial charge in [0.1, 0.15) is 5.75 Å². The van der Waals surface area contributed by atoms with Gasteiger partial charge in [0.2, 0.25) is 0 Å². The molecule has 3 nitrogen and oxygen atoms in total. The number of halogens is 3. The van der Waals surface area contributed by atoms with Crippen molar-refractivity contribution in [3.05, 3.63) is 61.1 Å². The Hall–Kier alpha value is -0.530. The first-order valence-corrected chi connectivity index (χ1v) is 7.64. The van der Waals surface area contributed by atoms with Gasteiger partial charge >= 0.3 is 0 Å². The van der Waals surface area contributed by atoms with Crippen molar-refractivity contribution in [2.24, 2.45) is 5.84 Å². The molecule has 2 aromatic rings. The van der Waals surface area contributed by atoms with E-state index in [9.17, 15) is 0 Å². The first-order valence-electron chi connectivity index (χ1n) is 5.81. The number of nitrogens with two attached hydrogens (primary N) is 1. The summed E-state index contributed by atoms with van der Waals surface area (Å²) in [6.45, 7) is 0. The predicted molar refractivity (Wildman–Crippen MR) is 91.3 cm³/mol. The third-order valence-electron chi connectivity index (χ3n) is 2.94. The van der Waals surface area contributed by atoms with Crippen LogP contribution in [0, 0.1) is 3.57 Å². The molecule has 0 radical (unpaired) electrons. The molecule has 2 rings (SSSR count). The molecule has 0 fully saturated rings. The summed E-state index contributed by atoms with van der Waals surface area (Å²) in [5.74, 6) is 6.33. The van der Waals surface area contributed by atoms with Crippen molar-refractivity contribution in [3.8, 4) is 5.75 Å². The van der Waals surface area contributed by atoms with Crippen LogP contribution in [0.1, 0.15) is 17.2 Å². The van der Waals surface area contributed by atoms with Gasteiger partial charge < -0.3 is 4.74 Å². The highest BCUT2D eigenvalue weighted by molar-refractivity contribution is 14.1. The summed E-state index contributed by atoms with van der Waals surface area (Å²) in [5, 5.41) is 1.23. The van der Waals surface area contributed by atoms with Crippen molar-refractivity contribution in [2.45, 2.75) is 6.04 Å². The zero-order chi connectivity index (χ0) is 14.7. The van der Waals surface area contributed by atoms with Crippen molar-refractivity contribution < 1.29 is 4.74 Å². The van der Waals surface area contributed by atoms with Crippen LogP contribution in [0.2, 0.25) is 10.0 Å². The second kappa shape index (κ2) is 6.95. The van der Waals surface area contributed by atoms with E-state index in [4.69, 9.17) is 33.8 Å². The minimum atomic E-state index is -0.188. The van der Waals surface area contributed by atoms with E-state index >= 15 is 0 Å². The number of nitrogens with one attached hydrogen (secondary N) is 1. The van der Waals surface area contributed by atoms with Gasteiger partial charge in [-0.2, -0.15) is 0 Å². The van der Waals surface area contributed by atoms with Crippen LogP contribution in [-0.2, 0) is 0 Å². The van der Waals surface area contributed by atoms with Crippen LogP contribution in [0.5, 0.6) is 5.75 Å². The fourth-order valence-corrected chi connectivity index (χ4v) is 2.98. The lowest BCUT2D eigenvalue weighted by Gasteiger charge is -2.19. The van der Waals surface area contributed by atoms with Crippen LogP contribution in [0.25, 0.3) is 0 Å². The topological polar surface area (TPSA) is 47.3 Å². The molecule has 0 saturated carbocycles. The Labute approximate surface area is 141 Å². The summed E-state index contributed by atoms with van der Waals surface area (Å²) in [7, 11) is 1.58. The van der Waals surface area contributed by atoms with Crippen molar-refractivity contribution in [3.63, 3.8) is 0 Å². The average Bonchev–Trinajstić information content (AvgIpc) is 2.45. The smallest absolute Gasteiger partial charge is 0.137 e. The molecule has 2 aromatic carbocycles. The predicted octanol–water partition coefficient (Wildman–Crippen LogP) is 4.16. The van der Waals surface area contributed by atoms with E-state index in [0.29, 0.717) is 15.8 Å². The molecule has 6 heteroatoms. The Bertz CT molecular complexity index is 622. The molecular weight excluding hydrogens is 410 g/mol. The van der Waals surface area contributed by atoms with Gasteiger partial charge in [-0.05, 0) is 64.0 Å². The Balaban J connectivity index is 2.49. The van der Waals surface area contributed by atoms with E-state index in [0.717, 1.165) is 14.7 Å². The van der Waals surface area contributed by atoms with Gasteiger partial charge in [-0.1, -0.05) is 29.3 Å². The minimum Gasteiger partial charge on any atom is -0.495 e. The second-order valence-electron chi connectivity index (χ2n) is 4.16. The van der Waals surface area contributed by atoms with Gasteiger partial charge in [-0.3, -0.25) is 5.84 Å². The van der Waals surface area contributed by atoms with Gasteiger partial charge in [-0.15, -0.1) is 0 Å². The quantitative estimate of drug-likeness (QED) is 0.441. The highest BCUT2D eigenvalue weighted by Gasteiger charge is 2.17. The maximum atomic E-state index is 6.07. The minimum absolute atomic E-state index is 0.188. The molecule has 1 unspecified atom stereocenters. The molecule has 0 aliphatic rings. The molecule has 20 heavy (non-hydrogen) atoms. The molecule has 0 bridgehead atoms. The summed E-state index contributed by atoms with van der Waals surface area (Å²) in [6, 6.07) is 11.1. The molecule has 1 atom stereocenters. The van der Waals surface area contributed by atoms with Crippen molar-refractivity contribution in [1.82, 2.24) is 5.43 Å². The number of hydrogen-bond acceptors (Lipinski definition) is 3. The number of ether oxygens (including phenoxy) is 1. The second-order valence-corrected chi connectivity index (χ2v) is 6.17. The van der Waals surface area contributed by atoms with Gasteiger partial charge in [0.05, 0.1) is 18.2 Å². The first kappa shape index (κ1) is 15.9. The van der Waals surface area contributed by atoms with Crippen LogP contribution in [0.15, 0.2) is 36.4 Å². The highest BCUT2D eigenvalue weighted by Crippen LogP contribution is 2.32. The molecule has 106 valence electrons. The SMILES string of the molecule is COc1cc(C(NN)c2cc(Cl)ccc2I)ccc1Cl. The van der Waals surface area contributed by atoms with Crippen LogP contribution in [-0.4, -0.2) is 7.11 Å². The molecule has 0 aliphatic carbocycles. The van der Waals surface area contributed by atoms with Crippen LogP contribution < -0.4 is 16.0 Å². The number of benzene rings is 2. The Kier molecular flexibility index (Phi) is 5.51. The lowest BCUT2D eigenvalue weighted by atomic mass is 9.99. The number of rotatable bonds is 4. The molecule has 0 spiro atoms.